The van der Waals surface area contributed by atoms with Gasteiger partial charge in [-0.05, 0) is 76.8 Å². The van der Waals surface area contributed by atoms with Gasteiger partial charge in [-0.25, -0.2) is 4.79 Å². The highest BCUT2D eigenvalue weighted by Crippen LogP contribution is 2.28. The number of nitrogens with one attached hydrogen (secondary N) is 2. The smallest absolute Gasteiger partial charge is 0.408 e. The summed E-state index contributed by atoms with van der Waals surface area (Å²) in [5.74, 6) is 1.89. The molecular weight excluding hydrogens is 502 g/mol. The van der Waals surface area contributed by atoms with Crippen LogP contribution in [0.25, 0.3) is 0 Å². The molecule has 40 heavy (non-hydrogen) atoms. The number of amides is 3. The molecule has 0 radical (unpaired) electrons. The summed E-state index contributed by atoms with van der Waals surface area (Å²) in [7, 11) is 0. The van der Waals surface area contributed by atoms with Crippen LogP contribution >= 0.6 is 0 Å². The van der Waals surface area contributed by atoms with Gasteiger partial charge >= 0.3 is 6.09 Å². The average Bonchev–Trinajstić information content (AvgIpc) is 2.88. The zero-order chi connectivity index (χ0) is 29.9. The Morgan fingerprint density at radius 1 is 0.975 bits per heavy atom. The fourth-order valence-electron chi connectivity index (χ4n) is 4.48. The number of alkyl carbamates (subject to hydrolysis) is 1. The van der Waals surface area contributed by atoms with E-state index in [0.717, 1.165) is 43.2 Å². The predicted molar refractivity (Wildman–Crippen MR) is 161 cm³/mol. The van der Waals surface area contributed by atoms with E-state index in [1.807, 2.05) is 32.0 Å². The molecule has 2 unspecified atom stereocenters. The molecule has 0 aliphatic rings. The largest absolute Gasteiger partial charge is 0.444 e. The Bertz CT molecular complexity index is 1170. The molecule has 0 saturated heterocycles. The van der Waals surface area contributed by atoms with E-state index in [2.05, 4.69) is 23.5 Å². The van der Waals surface area contributed by atoms with Crippen molar-refractivity contribution >= 4 is 23.6 Å². The molecule has 0 saturated carbocycles. The summed E-state index contributed by atoms with van der Waals surface area (Å²) in [6.07, 6.45) is 9.77. The van der Waals surface area contributed by atoms with Gasteiger partial charge in [-0.2, -0.15) is 0 Å². The van der Waals surface area contributed by atoms with Gasteiger partial charge < -0.3 is 20.3 Å². The molecular formula is C33H45N3O4. The molecule has 2 aromatic carbocycles. The number of terminal acetylenes is 1. The lowest BCUT2D eigenvalue weighted by atomic mass is 10.00. The number of carbonyl (C=O) groups is 3. The van der Waals surface area contributed by atoms with E-state index < -0.39 is 23.8 Å². The third-order valence-corrected chi connectivity index (χ3v) is 6.57. The maximum Gasteiger partial charge on any atom is 0.408 e. The van der Waals surface area contributed by atoms with Crippen LogP contribution in [0.2, 0.25) is 0 Å². The molecule has 2 N–H and O–H groups in total. The van der Waals surface area contributed by atoms with Crippen molar-refractivity contribution in [2.75, 3.05) is 11.9 Å². The zero-order valence-corrected chi connectivity index (χ0v) is 25.1. The van der Waals surface area contributed by atoms with Gasteiger partial charge in [0.1, 0.15) is 17.7 Å². The van der Waals surface area contributed by atoms with Crippen LogP contribution in [0.3, 0.4) is 0 Å². The van der Waals surface area contributed by atoms with Crippen molar-refractivity contribution in [1.29, 1.82) is 0 Å². The van der Waals surface area contributed by atoms with Crippen molar-refractivity contribution in [2.24, 2.45) is 0 Å². The van der Waals surface area contributed by atoms with Gasteiger partial charge in [0.2, 0.25) is 5.91 Å². The van der Waals surface area contributed by atoms with Gasteiger partial charge in [-0.15, -0.1) is 6.42 Å². The number of hydrogen-bond acceptors (Lipinski definition) is 4. The molecule has 0 heterocycles. The molecule has 2 aromatic rings. The molecule has 0 aliphatic carbocycles. The lowest BCUT2D eigenvalue weighted by molar-refractivity contribution is -0.140. The summed E-state index contributed by atoms with van der Waals surface area (Å²) in [6, 6.07) is 11.1. The third-order valence-electron chi connectivity index (χ3n) is 6.57. The Balaban J connectivity index is 2.48. The van der Waals surface area contributed by atoms with Crippen LogP contribution in [0.1, 0.15) is 95.0 Å². The standard InChI is InChI=1S/C33H45N3O4/c1-9-11-12-13-14-22-36(31(38)25(5)34-32(39)40-33(6,7)8)29(27-20-18-26(10-2)19-21-27)30(37)35-28-23(3)16-15-17-24(28)4/h2,15-21,25,29H,9,11-14,22H2,1,3-8H3,(H,34,39)(H,35,37). The number of nitrogens with zero attached hydrogens (tertiary/aromatic N) is 1. The molecule has 0 spiro atoms. The van der Waals surface area contributed by atoms with Crippen LogP contribution in [0, 0.1) is 26.2 Å². The molecule has 0 aliphatic heterocycles. The minimum atomic E-state index is -0.938. The van der Waals surface area contributed by atoms with Crippen LogP contribution in [-0.4, -0.2) is 41.0 Å². The SMILES string of the molecule is C#Cc1ccc(C(C(=O)Nc2c(C)cccc2C)N(CCCCCCC)C(=O)C(C)NC(=O)OC(C)(C)C)cc1. The van der Waals surface area contributed by atoms with Gasteiger partial charge in [0, 0.05) is 17.8 Å². The fourth-order valence-corrected chi connectivity index (χ4v) is 4.48. The number of benzene rings is 2. The minimum Gasteiger partial charge on any atom is -0.444 e. The summed E-state index contributed by atoms with van der Waals surface area (Å²) < 4.78 is 5.37. The van der Waals surface area contributed by atoms with Crippen molar-refractivity contribution in [3.05, 3.63) is 64.7 Å². The Labute approximate surface area is 240 Å². The number of rotatable bonds is 12. The summed E-state index contributed by atoms with van der Waals surface area (Å²) in [4.78, 5) is 42.0. The summed E-state index contributed by atoms with van der Waals surface area (Å²) in [6.45, 7) is 13.3. The number of aryl methyl sites for hydroxylation is 2. The molecule has 2 rings (SSSR count). The highest BCUT2D eigenvalue weighted by Gasteiger charge is 2.35. The maximum absolute atomic E-state index is 14.0. The number of para-hydroxylation sites is 1. The second kappa shape index (κ2) is 15.1. The van der Waals surface area contributed by atoms with E-state index in [0.29, 0.717) is 23.4 Å². The monoisotopic (exact) mass is 547 g/mol. The van der Waals surface area contributed by atoms with Gasteiger partial charge in [-0.1, -0.05) is 68.9 Å². The van der Waals surface area contributed by atoms with Crippen molar-refractivity contribution in [2.45, 2.75) is 98.3 Å². The first-order valence-electron chi connectivity index (χ1n) is 14.1. The number of hydrogen-bond donors (Lipinski definition) is 2. The van der Waals surface area contributed by atoms with Gasteiger partial charge in [0.15, 0.2) is 0 Å². The van der Waals surface area contributed by atoms with E-state index in [4.69, 9.17) is 11.2 Å². The molecule has 7 nitrogen and oxygen atoms in total. The predicted octanol–water partition coefficient (Wildman–Crippen LogP) is 6.68. The quantitative estimate of drug-likeness (QED) is 0.229. The lowest BCUT2D eigenvalue weighted by Gasteiger charge is -2.34. The van der Waals surface area contributed by atoms with Gasteiger partial charge in [0.05, 0.1) is 0 Å². The lowest BCUT2D eigenvalue weighted by Crippen LogP contribution is -2.51. The number of unbranched alkanes of at least 4 members (excludes halogenated alkanes) is 4. The topological polar surface area (TPSA) is 87.7 Å². The van der Waals surface area contributed by atoms with Crippen LogP contribution in [0.5, 0.6) is 0 Å². The van der Waals surface area contributed by atoms with Crippen LogP contribution < -0.4 is 10.6 Å². The second-order valence-electron chi connectivity index (χ2n) is 11.2. The van der Waals surface area contributed by atoms with Crippen LogP contribution in [0.4, 0.5) is 10.5 Å². The van der Waals surface area contributed by atoms with Crippen LogP contribution in [-0.2, 0) is 14.3 Å². The third kappa shape index (κ3) is 9.75. The number of carbonyl (C=O) groups excluding carboxylic acids is 3. The van der Waals surface area contributed by atoms with Crippen molar-refractivity contribution in [1.82, 2.24) is 10.2 Å². The van der Waals surface area contributed by atoms with E-state index in [1.54, 1.807) is 56.9 Å². The number of ether oxygens (including phenoxy) is 1. The first-order chi connectivity index (χ1) is 18.9. The van der Waals surface area contributed by atoms with E-state index in [-0.39, 0.29) is 11.8 Å². The van der Waals surface area contributed by atoms with Crippen molar-refractivity contribution < 1.29 is 19.1 Å². The Hall–Kier alpha value is -3.79. The Morgan fingerprint density at radius 2 is 1.57 bits per heavy atom. The second-order valence-corrected chi connectivity index (χ2v) is 11.2. The van der Waals surface area contributed by atoms with Crippen LogP contribution in [0.15, 0.2) is 42.5 Å². The normalized spacial score (nSPS) is 12.6. The Kier molecular flexibility index (Phi) is 12.3. The van der Waals surface area contributed by atoms with E-state index >= 15 is 0 Å². The minimum absolute atomic E-state index is 0.336. The first kappa shape index (κ1) is 32.4. The summed E-state index contributed by atoms with van der Waals surface area (Å²) >= 11 is 0. The molecule has 7 heteroatoms. The highest BCUT2D eigenvalue weighted by atomic mass is 16.6. The summed E-state index contributed by atoms with van der Waals surface area (Å²) in [5.41, 5.74) is 3.16. The maximum atomic E-state index is 14.0. The van der Waals surface area contributed by atoms with E-state index in [9.17, 15) is 14.4 Å². The zero-order valence-electron chi connectivity index (χ0n) is 25.1. The fraction of sp³-hybridized carbons (Fsp3) is 0.485. The molecule has 0 fully saturated rings. The van der Waals surface area contributed by atoms with E-state index in [1.165, 1.54) is 0 Å². The molecule has 0 bridgehead atoms. The first-order valence-corrected chi connectivity index (χ1v) is 14.1. The molecule has 216 valence electrons. The molecule has 3 amide bonds. The molecule has 0 aromatic heterocycles. The highest BCUT2D eigenvalue weighted by molar-refractivity contribution is 5.99. The van der Waals surface area contributed by atoms with Crippen molar-refractivity contribution in [3.8, 4) is 12.3 Å². The number of anilines is 1. The van der Waals surface area contributed by atoms with Gasteiger partial charge in [-0.3, -0.25) is 9.59 Å². The average molecular weight is 548 g/mol. The molecule has 2 atom stereocenters. The summed E-state index contributed by atoms with van der Waals surface area (Å²) in [5, 5.41) is 5.73. The van der Waals surface area contributed by atoms with Crippen molar-refractivity contribution in [3.63, 3.8) is 0 Å². The Morgan fingerprint density at radius 3 is 2.12 bits per heavy atom. The van der Waals surface area contributed by atoms with Gasteiger partial charge in [0.25, 0.3) is 5.91 Å².